The predicted molar refractivity (Wildman–Crippen MR) is 115 cm³/mol. The van der Waals surface area contributed by atoms with Crippen LogP contribution in [0.4, 0.5) is 5.82 Å². The molecule has 0 saturated carbocycles. The average Bonchev–Trinajstić information content (AvgIpc) is 3.15. The van der Waals surface area contributed by atoms with Gasteiger partial charge in [0.2, 0.25) is 0 Å². The Hall–Kier alpha value is -1.86. The van der Waals surface area contributed by atoms with Gasteiger partial charge in [0.05, 0.1) is 12.3 Å². The number of benzene rings is 1. The molecule has 144 valence electrons. The van der Waals surface area contributed by atoms with Gasteiger partial charge < -0.3 is 19.6 Å². The highest BCUT2D eigenvalue weighted by Crippen LogP contribution is 2.34. The summed E-state index contributed by atoms with van der Waals surface area (Å²) in [4.78, 5) is 9.77. The molecule has 0 radical (unpaired) electrons. The van der Waals surface area contributed by atoms with E-state index >= 15 is 0 Å². The molecule has 5 nitrogen and oxygen atoms in total. The maximum Gasteiger partial charge on any atom is 0.138 e. The summed E-state index contributed by atoms with van der Waals surface area (Å²) in [6, 6.07) is 12.3. The first-order valence-electron chi connectivity index (χ1n) is 8.90. The second-order valence-corrected chi connectivity index (χ2v) is 7.50. The highest BCUT2D eigenvalue weighted by molar-refractivity contribution is 7.17. The van der Waals surface area contributed by atoms with Crippen LogP contribution in [0.5, 0.6) is 5.75 Å². The van der Waals surface area contributed by atoms with Crippen molar-refractivity contribution in [3.05, 3.63) is 41.8 Å². The molecule has 0 unspecified atom stereocenters. The first kappa shape index (κ1) is 19.9. The number of aliphatic hydroxyl groups excluding tert-OH is 1. The van der Waals surface area contributed by atoms with Crippen molar-refractivity contribution in [3.63, 3.8) is 0 Å². The van der Waals surface area contributed by atoms with Crippen molar-refractivity contribution < 1.29 is 9.84 Å². The summed E-state index contributed by atoms with van der Waals surface area (Å²) >= 11 is 1.76. The molecule has 1 fully saturated rings. The van der Waals surface area contributed by atoms with Crippen molar-refractivity contribution in [2.45, 2.75) is 0 Å². The van der Waals surface area contributed by atoms with Gasteiger partial charge in [-0.2, -0.15) is 0 Å². The zero-order valence-electron chi connectivity index (χ0n) is 15.3. The fraction of sp³-hybridized carbons (Fsp3) is 0.350. The lowest BCUT2D eigenvalue weighted by Crippen LogP contribution is -2.44. The van der Waals surface area contributed by atoms with Crippen LogP contribution in [0.1, 0.15) is 0 Å². The van der Waals surface area contributed by atoms with E-state index in [0.29, 0.717) is 6.61 Å². The summed E-state index contributed by atoms with van der Waals surface area (Å²) in [7, 11) is 2.17. The van der Waals surface area contributed by atoms with Gasteiger partial charge in [0.1, 0.15) is 18.2 Å². The van der Waals surface area contributed by atoms with Gasteiger partial charge in [-0.05, 0) is 48.8 Å². The van der Waals surface area contributed by atoms with Gasteiger partial charge in [0, 0.05) is 41.8 Å². The van der Waals surface area contributed by atoms with Crippen molar-refractivity contribution in [1.29, 1.82) is 0 Å². The predicted octanol–water partition coefficient (Wildman–Crippen LogP) is 3.51. The molecule has 0 atom stereocenters. The Morgan fingerprint density at radius 2 is 1.85 bits per heavy atom. The van der Waals surface area contributed by atoms with Crippen molar-refractivity contribution in [2.75, 3.05) is 51.3 Å². The molecule has 27 heavy (non-hydrogen) atoms. The second-order valence-electron chi connectivity index (χ2n) is 6.55. The molecule has 1 saturated heterocycles. The molecule has 1 aromatic carbocycles. The number of rotatable bonds is 5. The second kappa shape index (κ2) is 8.89. The number of hydrogen-bond donors (Lipinski definition) is 1. The van der Waals surface area contributed by atoms with Crippen molar-refractivity contribution >= 4 is 39.6 Å². The SMILES string of the molecule is CN1CCN(c2nc(-c3ccc(OCCO)cc3)cc3sccc23)CC1.Cl. The number of ether oxygens (including phenoxy) is 1. The number of hydrogen-bond acceptors (Lipinski definition) is 6. The number of anilines is 1. The normalized spacial score (nSPS) is 15.0. The van der Waals surface area contributed by atoms with Gasteiger partial charge in [0.15, 0.2) is 0 Å². The van der Waals surface area contributed by atoms with E-state index < -0.39 is 0 Å². The minimum absolute atomic E-state index is 0. The molecule has 1 aliphatic heterocycles. The monoisotopic (exact) mass is 405 g/mol. The lowest BCUT2D eigenvalue weighted by atomic mass is 10.1. The fourth-order valence-corrected chi connectivity index (χ4v) is 4.06. The molecule has 0 bridgehead atoms. The number of thiophene rings is 1. The van der Waals surface area contributed by atoms with Crippen LogP contribution < -0.4 is 9.64 Å². The van der Waals surface area contributed by atoms with Crippen LogP contribution in [0, 0.1) is 0 Å². The van der Waals surface area contributed by atoms with Crippen molar-refractivity contribution in [1.82, 2.24) is 9.88 Å². The average molecular weight is 406 g/mol. The number of halogens is 1. The van der Waals surface area contributed by atoms with Crippen LogP contribution in [-0.2, 0) is 0 Å². The van der Waals surface area contributed by atoms with Crippen LogP contribution in [0.25, 0.3) is 21.3 Å². The minimum Gasteiger partial charge on any atom is -0.491 e. The van der Waals surface area contributed by atoms with E-state index in [-0.39, 0.29) is 19.0 Å². The molecule has 4 rings (SSSR count). The Bertz CT molecular complexity index is 877. The number of likely N-dealkylation sites (N-methyl/N-ethyl adjacent to an activating group) is 1. The Labute approximate surface area is 169 Å². The zero-order chi connectivity index (χ0) is 17.9. The van der Waals surface area contributed by atoms with E-state index in [1.54, 1.807) is 11.3 Å². The molecule has 1 aliphatic rings. The number of fused-ring (bicyclic) bond motifs is 1. The summed E-state index contributed by atoms with van der Waals surface area (Å²) in [6.07, 6.45) is 0. The summed E-state index contributed by atoms with van der Waals surface area (Å²) in [5.74, 6) is 1.85. The third-order valence-electron chi connectivity index (χ3n) is 4.74. The van der Waals surface area contributed by atoms with Gasteiger partial charge in [-0.1, -0.05) is 0 Å². The summed E-state index contributed by atoms with van der Waals surface area (Å²) in [6.45, 7) is 4.47. The van der Waals surface area contributed by atoms with Gasteiger partial charge in [-0.3, -0.25) is 0 Å². The Morgan fingerprint density at radius 1 is 1.11 bits per heavy atom. The quantitative estimate of drug-likeness (QED) is 0.703. The summed E-state index contributed by atoms with van der Waals surface area (Å²) in [5.41, 5.74) is 2.06. The molecular weight excluding hydrogens is 382 g/mol. The Kier molecular flexibility index (Phi) is 6.55. The smallest absolute Gasteiger partial charge is 0.138 e. The maximum absolute atomic E-state index is 8.87. The van der Waals surface area contributed by atoms with Crippen molar-refractivity contribution in [2.24, 2.45) is 0 Å². The molecule has 0 amide bonds. The lowest BCUT2D eigenvalue weighted by Gasteiger charge is -2.33. The molecule has 0 aliphatic carbocycles. The number of pyridine rings is 1. The topological polar surface area (TPSA) is 48.8 Å². The lowest BCUT2D eigenvalue weighted by molar-refractivity contribution is 0.201. The van der Waals surface area contributed by atoms with Crippen LogP contribution in [-0.4, -0.2) is 61.4 Å². The maximum atomic E-state index is 8.87. The van der Waals surface area contributed by atoms with Gasteiger partial charge in [-0.15, -0.1) is 23.7 Å². The zero-order valence-corrected chi connectivity index (χ0v) is 16.9. The van der Waals surface area contributed by atoms with Crippen LogP contribution in [0.2, 0.25) is 0 Å². The highest BCUT2D eigenvalue weighted by atomic mass is 35.5. The molecule has 7 heteroatoms. The first-order chi connectivity index (χ1) is 12.7. The van der Waals surface area contributed by atoms with Crippen molar-refractivity contribution in [3.8, 4) is 17.0 Å². The molecule has 3 aromatic rings. The number of nitrogens with zero attached hydrogens (tertiary/aromatic N) is 3. The van der Waals surface area contributed by atoms with Crippen LogP contribution in [0.3, 0.4) is 0 Å². The number of aromatic nitrogens is 1. The molecule has 1 N–H and O–H groups in total. The molecule has 3 heterocycles. The van der Waals surface area contributed by atoms with E-state index in [2.05, 4.69) is 34.4 Å². The van der Waals surface area contributed by atoms with E-state index in [1.165, 1.54) is 10.1 Å². The van der Waals surface area contributed by atoms with Gasteiger partial charge >= 0.3 is 0 Å². The van der Waals surface area contributed by atoms with Gasteiger partial charge in [0.25, 0.3) is 0 Å². The fourth-order valence-electron chi connectivity index (χ4n) is 3.24. The Balaban J connectivity index is 0.00000210. The van der Waals surface area contributed by atoms with Gasteiger partial charge in [-0.25, -0.2) is 4.98 Å². The van der Waals surface area contributed by atoms with E-state index in [0.717, 1.165) is 49.0 Å². The molecule has 2 aromatic heterocycles. The van der Waals surface area contributed by atoms with E-state index in [9.17, 15) is 0 Å². The standard InChI is InChI=1S/C20H23N3O2S.ClH/c1-22-7-9-23(10-8-22)20-17-6-13-26-19(17)14-18(21-20)15-2-4-16(5-3-15)25-12-11-24;/h2-6,13-14,24H,7-12H2,1H3;1H. The molecular formula is C20H24ClN3O2S. The third kappa shape index (κ3) is 4.35. The third-order valence-corrected chi connectivity index (χ3v) is 5.61. The summed E-state index contributed by atoms with van der Waals surface area (Å²) < 4.78 is 6.72. The molecule has 0 spiro atoms. The Morgan fingerprint density at radius 3 is 2.56 bits per heavy atom. The number of piperazine rings is 1. The van der Waals surface area contributed by atoms with E-state index in [4.69, 9.17) is 14.8 Å². The first-order valence-corrected chi connectivity index (χ1v) is 9.78. The van der Waals surface area contributed by atoms with E-state index in [1.807, 2.05) is 24.3 Å². The largest absolute Gasteiger partial charge is 0.491 e. The highest BCUT2D eigenvalue weighted by Gasteiger charge is 2.19. The minimum atomic E-state index is 0. The number of aliphatic hydroxyl groups is 1. The van der Waals surface area contributed by atoms with Crippen LogP contribution in [0.15, 0.2) is 41.8 Å². The summed E-state index contributed by atoms with van der Waals surface area (Å²) in [5, 5.41) is 12.3. The van der Waals surface area contributed by atoms with Crippen LogP contribution >= 0.6 is 23.7 Å².